The number of hydrogen-bond donors (Lipinski definition) is 3. The normalized spacial score (nSPS) is 12.9. The lowest BCUT2D eigenvalue weighted by molar-refractivity contribution is -0.143. The van der Waals surface area contributed by atoms with Gasteiger partial charge in [-0.25, -0.2) is 0 Å². The molecule has 0 aliphatic carbocycles. The summed E-state index contributed by atoms with van der Waals surface area (Å²) in [5.41, 5.74) is 0. The number of carbonyl (C=O) groups is 2. The van der Waals surface area contributed by atoms with Gasteiger partial charge in [0.2, 0.25) is 5.91 Å². The summed E-state index contributed by atoms with van der Waals surface area (Å²) < 4.78 is 5.45. The van der Waals surface area contributed by atoms with E-state index in [2.05, 4.69) is 43.5 Å². The van der Waals surface area contributed by atoms with Crippen molar-refractivity contribution in [3.05, 3.63) is 36.5 Å². The van der Waals surface area contributed by atoms with Gasteiger partial charge in [-0.05, 0) is 83.5 Å². The Hall–Kier alpha value is -1.92. The van der Waals surface area contributed by atoms with E-state index < -0.39 is 12.1 Å². The third kappa shape index (κ3) is 45.4. The second-order valence-corrected chi connectivity index (χ2v) is 17.5. The van der Waals surface area contributed by atoms with Crippen molar-refractivity contribution in [1.29, 1.82) is 0 Å². The van der Waals surface area contributed by atoms with Crippen LogP contribution in [-0.2, 0) is 14.3 Å². The number of aliphatic hydroxyl groups excluding tert-OH is 2. The Morgan fingerprint density at radius 3 is 1.24 bits per heavy atom. The second-order valence-electron chi connectivity index (χ2n) is 17.5. The summed E-state index contributed by atoms with van der Waals surface area (Å²) in [5, 5.41) is 22.9. The molecule has 1 amide bonds. The van der Waals surface area contributed by atoms with E-state index in [-0.39, 0.29) is 18.5 Å². The molecule has 0 aromatic heterocycles. The Labute approximate surface area is 366 Å². The summed E-state index contributed by atoms with van der Waals surface area (Å²) in [6.45, 7) is 4.84. The number of ether oxygens (including phenoxy) is 1. The molecule has 0 saturated heterocycles. The fourth-order valence-corrected chi connectivity index (χ4v) is 7.62. The first kappa shape index (κ1) is 57.1. The molecule has 0 spiro atoms. The summed E-state index contributed by atoms with van der Waals surface area (Å²) in [4.78, 5) is 24.4. The van der Waals surface area contributed by atoms with E-state index in [1.807, 2.05) is 6.08 Å². The molecular formula is C53H99NO5. The van der Waals surface area contributed by atoms with Crippen LogP contribution in [0.2, 0.25) is 0 Å². The molecule has 6 heteroatoms. The smallest absolute Gasteiger partial charge is 0.305 e. The van der Waals surface area contributed by atoms with Crippen molar-refractivity contribution in [2.45, 2.75) is 276 Å². The summed E-state index contributed by atoms with van der Waals surface area (Å²) in [6, 6.07) is -0.632. The largest absolute Gasteiger partial charge is 0.466 e. The van der Waals surface area contributed by atoms with Gasteiger partial charge >= 0.3 is 5.97 Å². The van der Waals surface area contributed by atoms with Crippen molar-refractivity contribution < 1.29 is 24.5 Å². The van der Waals surface area contributed by atoms with Crippen LogP contribution in [0.1, 0.15) is 264 Å². The summed E-state index contributed by atoms with van der Waals surface area (Å²) >= 11 is 0. The Bertz CT molecular complexity index is 962. The molecule has 2 unspecified atom stereocenters. The molecule has 0 bridgehead atoms. The molecule has 0 aromatic rings. The number of unbranched alkanes of at least 4 members (excludes halogenated alkanes) is 32. The number of aliphatic hydroxyl groups is 2. The second kappa shape index (κ2) is 48.7. The zero-order valence-corrected chi connectivity index (χ0v) is 39.2. The molecule has 0 aliphatic heterocycles. The van der Waals surface area contributed by atoms with Crippen LogP contribution in [0.4, 0.5) is 0 Å². The lowest BCUT2D eigenvalue weighted by Gasteiger charge is -2.20. The number of esters is 1. The molecular weight excluding hydrogens is 731 g/mol. The standard InChI is InChI=1S/C53H99NO5/c1-3-5-7-9-11-13-15-27-31-35-39-43-47-53(58)59-48-44-40-36-32-28-25-23-21-19-17-16-18-20-22-24-26-30-34-38-42-46-52(57)54-50(49-55)51(56)45-41-37-33-29-14-12-10-8-6-4-2/h11,13,16,18,41,45,50-51,55-56H,3-10,12,14-15,17,19-40,42-44,46-49H2,1-2H3,(H,54,57)/b13-11-,18-16-,45-41+. The molecule has 6 nitrogen and oxygen atoms in total. The molecule has 0 rings (SSSR count). The van der Waals surface area contributed by atoms with E-state index in [4.69, 9.17) is 4.74 Å². The van der Waals surface area contributed by atoms with E-state index >= 15 is 0 Å². The fraction of sp³-hybridized carbons (Fsp3) is 0.849. The number of nitrogens with one attached hydrogen (secondary N) is 1. The maximum absolute atomic E-state index is 12.4. The fourth-order valence-electron chi connectivity index (χ4n) is 7.62. The molecule has 0 heterocycles. The molecule has 0 aromatic carbocycles. The third-order valence-corrected chi connectivity index (χ3v) is 11.6. The monoisotopic (exact) mass is 830 g/mol. The Morgan fingerprint density at radius 1 is 0.458 bits per heavy atom. The van der Waals surface area contributed by atoms with Crippen molar-refractivity contribution in [2.75, 3.05) is 13.2 Å². The maximum Gasteiger partial charge on any atom is 0.305 e. The molecule has 2 atom stereocenters. The first-order valence-corrected chi connectivity index (χ1v) is 25.8. The van der Waals surface area contributed by atoms with Gasteiger partial charge in [-0.2, -0.15) is 0 Å². The van der Waals surface area contributed by atoms with Crippen molar-refractivity contribution in [3.63, 3.8) is 0 Å². The van der Waals surface area contributed by atoms with Gasteiger partial charge in [-0.1, -0.05) is 204 Å². The van der Waals surface area contributed by atoms with Crippen LogP contribution >= 0.6 is 0 Å². The van der Waals surface area contributed by atoms with E-state index in [0.29, 0.717) is 19.4 Å². The van der Waals surface area contributed by atoms with E-state index in [1.54, 1.807) is 6.08 Å². The third-order valence-electron chi connectivity index (χ3n) is 11.6. The highest BCUT2D eigenvalue weighted by Gasteiger charge is 2.18. The highest BCUT2D eigenvalue weighted by molar-refractivity contribution is 5.76. The van der Waals surface area contributed by atoms with Gasteiger partial charge in [0, 0.05) is 12.8 Å². The van der Waals surface area contributed by atoms with Gasteiger partial charge in [0.1, 0.15) is 0 Å². The SMILES string of the molecule is CCCCC/C=C\CCCCCCCC(=O)OCCCCCCCCCCC/C=C\CCCCCCCCCC(=O)NC(CO)C(O)/C=C/CCCCCCCCCC. The molecule has 0 saturated carbocycles. The highest BCUT2D eigenvalue weighted by Crippen LogP contribution is 2.15. The predicted octanol–water partition coefficient (Wildman–Crippen LogP) is 15.3. The van der Waals surface area contributed by atoms with Crippen LogP contribution < -0.4 is 5.32 Å². The highest BCUT2D eigenvalue weighted by atomic mass is 16.5. The van der Waals surface area contributed by atoms with Crippen LogP contribution in [0, 0.1) is 0 Å². The van der Waals surface area contributed by atoms with Gasteiger partial charge in [0.15, 0.2) is 0 Å². The van der Waals surface area contributed by atoms with E-state index in [9.17, 15) is 19.8 Å². The van der Waals surface area contributed by atoms with Crippen LogP contribution in [0.25, 0.3) is 0 Å². The number of amides is 1. The minimum absolute atomic E-state index is 0.00547. The molecule has 0 fully saturated rings. The summed E-state index contributed by atoms with van der Waals surface area (Å²) in [6.07, 6.45) is 58.7. The lowest BCUT2D eigenvalue weighted by atomic mass is 10.1. The van der Waals surface area contributed by atoms with Crippen molar-refractivity contribution in [1.82, 2.24) is 5.32 Å². The minimum atomic E-state index is -0.848. The van der Waals surface area contributed by atoms with Crippen LogP contribution in [-0.4, -0.2) is 47.4 Å². The van der Waals surface area contributed by atoms with E-state index in [0.717, 1.165) is 51.4 Å². The summed E-state index contributed by atoms with van der Waals surface area (Å²) in [5.74, 6) is -0.0851. The van der Waals surface area contributed by atoms with Crippen molar-refractivity contribution in [3.8, 4) is 0 Å². The Morgan fingerprint density at radius 2 is 0.797 bits per heavy atom. The molecule has 346 valence electrons. The molecule has 59 heavy (non-hydrogen) atoms. The zero-order chi connectivity index (χ0) is 43.0. The minimum Gasteiger partial charge on any atom is -0.466 e. The van der Waals surface area contributed by atoms with Crippen LogP contribution in [0.5, 0.6) is 0 Å². The maximum atomic E-state index is 12.4. The lowest BCUT2D eigenvalue weighted by Crippen LogP contribution is -2.45. The molecule has 3 N–H and O–H groups in total. The molecule has 0 aliphatic rings. The zero-order valence-electron chi connectivity index (χ0n) is 39.2. The van der Waals surface area contributed by atoms with Crippen molar-refractivity contribution in [2.24, 2.45) is 0 Å². The average molecular weight is 830 g/mol. The van der Waals surface area contributed by atoms with Gasteiger partial charge in [-0.3, -0.25) is 9.59 Å². The van der Waals surface area contributed by atoms with Gasteiger partial charge in [0.05, 0.1) is 25.4 Å². The van der Waals surface area contributed by atoms with Crippen LogP contribution in [0.15, 0.2) is 36.5 Å². The number of hydrogen-bond acceptors (Lipinski definition) is 5. The van der Waals surface area contributed by atoms with Gasteiger partial charge in [0.25, 0.3) is 0 Å². The van der Waals surface area contributed by atoms with Crippen molar-refractivity contribution >= 4 is 11.9 Å². The average Bonchev–Trinajstić information content (AvgIpc) is 3.24. The van der Waals surface area contributed by atoms with Gasteiger partial charge in [-0.15, -0.1) is 0 Å². The number of allylic oxidation sites excluding steroid dienone is 5. The quantitative estimate of drug-likeness (QED) is 0.0323. The topological polar surface area (TPSA) is 95.9 Å². The Balaban J connectivity index is 3.45. The first-order chi connectivity index (χ1) is 29.0. The Kier molecular flexibility index (Phi) is 47.2. The van der Waals surface area contributed by atoms with Gasteiger partial charge < -0.3 is 20.3 Å². The van der Waals surface area contributed by atoms with E-state index in [1.165, 1.54) is 186 Å². The first-order valence-electron chi connectivity index (χ1n) is 25.8. The number of carbonyl (C=O) groups excluding carboxylic acids is 2. The summed E-state index contributed by atoms with van der Waals surface area (Å²) in [7, 11) is 0. The molecule has 0 radical (unpaired) electrons. The predicted molar refractivity (Wildman–Crippen MR) is 255 cm³/mol. The van der Waals surface area contributed by atoms with Crippen LogP contribution in [0.3, 0.4) is 0 Å². The number of rotatable bonds is 47.